The van der Waals surface area contributed by atoms with Crippen molar-refractivity contribution in [2.45, 2.75) is 11.8 Å². The van der Waals surface area contributed by atoms with Crippen molar-refractivity contribution in [2.75, 3.05) is 13.2 Å². The van der Waals surface area contributed by atoms with Crippen molar-refractivity contribution in [1.29, 1.82) is 0 Å². The van der Waals surface area contributed by atoms with Gasteiger partial charge in [0, 0.05) is 22.7 Å². The molecule has 1 aromatic heterocycles. The summed E-state index contributed by atoms with van der Waals surface area (Å²) in [5, 5.41) is 0.735. The molecular weight excluding hydrogens is 368 g/mol. The zero-order chi connectivity index (χ0) is 19.4. The molecule has 0 unspecified atom stereocenters. The number of hydrogen-bond acceptors (Lipinski definition) is 5. The van der Waals surface area contributed by atoms with Crippen LogP contribution in [-0.4, -0.2) is 38.3 Å². The lowest BCUT2D eigenvalue weighted by Crippen LogP contribution is -2.31. The van der Waals surface area contributed by atoms with Gasteiger partial charge in [-0.15, -0.1) is 0 Å². The van der Waals surface area contributed by atoms with Gasteiger partial charge in [-0.05, 0) is 25.1 Å². The molecule has 7 nitrogen and oxygen atoms in total. The third kappa shape index (κ3) is 4.42. The molecule has 0 saturated carbocycles. The summed E-state index contributed by atoms with van der Waals surface area (Å²) in [5.41, 5.74) is 2.14. The van der Waals surface area contributed by atoms with Crippen LogP contribution in [0.2, 0.25) is 0 Å². The largest absolute Gasteiger partial charge is 0.456 e. The van der Waals surface area contributed by atoms with E-state index in [1.807, 2.05) is 19.1 Å². The van der Waals surface area contributed by atoms with Crippen LogP contribution in [0.15, 0.2) is 59.6 Å². The Morgan fingerprint density at radius 3 is 2.52 bits per heavy atom. The number of carbonyl (C=O) groups is 2. The first-order valence-electron chi connectivity index (χ1n) is 8.18. The lowest BCUT2D eigenvalue weighted by Gasteiger charge is -2.07. The summed E-state index contributed by atoms with van der Waals surface area (Å²) in [6, 6.07) is 13.5. The number of rotatable bonds is 7. The highest BCUT2D eigenvalue weighted by atomic mass is 32.2. The SMILES string of the molecule is Cc1ccc(S(=O)(=O)NCC(=O)OCC(=O)c2c[nH]c3ccccc23)cc1. The van der Waals surface area contributed by atoms with E-state index in [0.29, 0.717) is 5.56 Å². The lowest BCUT2D eigenvalue weighted by atomic mass is 10.1. The molecular formula is C19H18N2O5S. The average molecular weight is 386 g/mol. The summed E-state index contributed by atoms with van der Waals surface area (Å²) in [4.78, 5) is 27.1. The van der Waals surface area contributed by atoms with Crippen molar-refractivity contribution < 1.29 is 22.7 Å². The first-order valence-corrected chi connectivity index (χ1v) is 9.66. The van der Waals surface area contributed by atoms with Gasteiger partial charge in [-0.3, -0.25) is 9.59 Å². The van der Waals surface area contributed by atoms with Gasteiger partial charge in [0.2, 0.25) is 15.8 Å². The number of esters is 1. The molecule has 0 aliphatic rings. The minimum Gasteiger partial charge on any atom is -0.456 e. The van der Waals surface area contributed by atoms with E-state index in [2.05, 4.69) is 9.71 Å². The summed E-state index contributed by atoms with van der Waals surface area (Å²) in [5.74, 6) is -1.21. The second-order valence-corrected chi connectivity index (χ2v) is 7.74. The van der Waals surface area contributed by atoms with E-state index >= 15 is 0 Å². The molecule has 3 rings (SSSR count). The molecule has 3 aromatic rings. The van der Waals surface area contributed by atoms with Crippen LogP contribution in [0.4, 0.5) is 0 Å². The van der Waals surface area contributed by atoms with E-state index < -0.39 is 29.1 Å². The van der Waals surface area contributed by atoms with Crippen LogP contribution in [0.3, 0.4) is 0 Å². The first-order chi connectivity index (χ1) is 12.9. The van der Waals surface area contributed by atoms with Gasteiger partial charge in [0.05, 0.1) is 4.90 Å². The van der Waals surface area contributed by atoms with Gasteiger partial charge in [0.1, 0.15) is 6.54 Å². The van der Waals surface area contributed by atoms with Crippen LogP contribution in [0.5, 0.6) is 0 Å². The Hall–Kier alpha value is -2.97. The number of hydrogen-bond donors (Lipinski definition) is 2. The number of ketones is 1. The van der Waals surface area contributed by atoms with Crippen LogP contribution in [0.1, 0.15) is 15.9 Å². The molecule has 0 amide bonds. The number of ether oxygens (including phenoxy) is 1. The molecule has 8 heteroatoms. The predicted molar refractivity (Wildman–Crippen MR) is 100.0 cm³/mol. The Morgan fingerprint density at radius 1 is 1.07 bits per heavy atom. The minimum atomic E-state index is -3.82. The molecule has 0 spiro atoms. The van der Waals surface area contributed by atoms with Crippen LogP contribution >= 0.6 is 0 Å². The van der Waals surface area contributed by atoms with E-state index in [0.717, 1.165) is 16.5 Å². The second-order valence-electron chi connectivity index (χ2n) is 5.97. The van der Waals surface area contributed by atoms with E-state index in [9.17, 15) is 18.0 Å². The number of carbonyl (C=O) groups excluding carboxylic acids is 2. The Kier molecular flexibility index (Phi) is 5.38. The van der Waals surface area contributed by atoms with Gasteiger partial charge in [0.15, 0.2) is 6.61 Å². The van der Waals surface area contributed by atoms with Crippen molar-refractivity contribution in [2.24, 2.45) is 0 Å². The Labute approximate surface area is 156 Å². The van der Waals surface area contributed by atoms with Crippen molar-refractivity contribution >= 4 is 32.7 Å². The van der Waals surface area contributed by atoms with Crippen molar-refractivity contribution in [3.8, 4) is 0 Å². The predicted octanol–water partition coefficient (Wildman–Crippen LogP) is 2.18. The fourth-order valence-electron chi connectivity index (χ4n) is 2.53. The summed E-state index contributed by atoms with van der Waals surface area (Å²) in [6.07, 6.45) is 1.56. The van der Waals surface area contributed by atoms with Gasteiger partial charge < -0.3 is 9.72 Å². The number of Topliss-reactive ketones (excluding diaryl/α,β-unsaturated/α-hetero) is 1. The summed E-state index contributed by atoms with van der Waals surface area (Å²) in [6.45, 7) is 0.816. The van der Waals surface area contributed by atoms with E-state index in [1.165, 1.54) is 12.1 Å². The van der Waals surface area contributed by atoms with Gasteiger partial charge in [0.25, 0.3) is 0 Å². The standard InChI is InChI=1S/C19H18N2O5S/c1-13-6-8-14(9-7-13)27(24,25)21-11-19(23)26-12-18(22)16-10-20-17-5-3-2-4-15(16)17/h2-10,20-21H,11-12H2,1H3. The van der Waals surface area contributed by atoms with Crippen LogP contribution in [0, 0.1) is 6.92 Å². The van der Waals surface area contributed by atoms with E-state index in [-0.39, 0.29) is 10.7 Å². The number of H-pyrrole nitrogens is 1. The highest BCUT2D eigenvalue weighted by Gasteiger charge is 2.18. The van der Waals surface area contributed by atoms with E-state index in [4.69, 9.17) is 4.74 Å². The van der Waals surface area contributed by atoms with Gasteiger partial charge >= 0.3 is 5.97 Å². The topological polar surface area (TPSA) is 105 Å². The van der Waals surface area contributed by atoms with Crippen LogP contribution in [-0.2, 0) is 19.6 Å². The normalized spacial score (nSPS) is 11.4. The number of aromatic nitrogens is 1. The highest BCUT2D eigenvalue weighted by molar-refractivity contribution is 7.89. The third-order valence-electron chi connectivity index (χ3n) is 3.99. The molecule has 1 heterocycles. The molecule has 0 atom stereocenters. The van der Waals surface area contributed by atoms with Gasteiger partial charge in [-0.1, -0.05) is 35.9 Å². The Bertz CT molecular complexity index is 1080. The third-order valence-corrected chi connectivity index (χ3v) is 5.41. The molecule has 27 heavy (non-hydrogen) atoms. The monoisotopic (exact) mass is 386 g/mol. The highest BCUT2D eigenvalue weighted by Crippen LogP contribution is 2.18. The molecule has 0 saturated heterocycles. The summed E-state index contributed by atoms with van der Waals surface area (Å²) in [7, 11) is -3.82. The molecule has 2 N–H and O–H groups in total. The van der Waals surface area contributed by atoms with Gasteiger partial charge in [-0.25, -0.2) is 8.42 Å². The van der Waals surface area contributed by atoms with Crippen molar-refractivity contribution in [1.82, 2.24) is 9.71 Å². The number of nitrogens with one attached hydrogen (secondary N) is 2. The second kappa shape index (κ2) is 7.73. The van der Waals surface area contributed by atoms with Crippen LogP contribution in [0.25, 0.3) is 10.9 Å². The molecule has 0 bridgehead atoms. The molecule has 2 aromatic carbocycles. The lowest BCUT2D eigenvalue weighted by molar-refractivity contribution is -0.141. The zero-order valence-electron chi connectivity index (χ0n) is 14.6. The van der Waals surface area contributed by atoms with Crippen molar-refractivity contribution in [3.05, 3.63) is 65.9 Å². The van der Waals surface area contributed by atoms with Gasteiger partial charge in [-0.2, -0.15) is 4.72 Å². The molecule has 140 valence electrons. The van der Waals surface area contributed by atoms with E-state index in [1.54, 1.807) is 30.5 Å². The molecule has 0 fully saturated rings. The zero-order valence-corrected chi connectivity index (χ0v) is 15.4. The fraction of sp³-hybridized carbons (Fsp3) is 0.158. The summed E-state index contributed by atoms with van der Waals surface area (Å²) < 4.78 is 31.3. The van der Waals surface area contributed by atoms with Crippen molar-refractivity contribution in [3.63, 3.8) is 0 Å². The maximum atomic E-state index is 12.2. The molecule has 0 aliphatic carbocycles. The number of sulfonamides is 1. The quantitative estimate of drug-likeness (QED) is 0.478. The minimum absolute atomic E-state index is 0.0516. The van der Waals surface area contributed by atoms with Crippen LogP contribution < -0.4 is 4.72 Å². The number of benzene rings is 2. The summed E-state index contributed by atoms with van der Waals surface area (Å²) >= 11 is 0. The number of para-hydroxylation sites is 1. The average Bonchev–Trinajstić information content (AvgIpc) is 3.09. The number of aryl methyl sites for hydroxylation is 1. The number of fused-ring (bicyclic) bond motifs is 1. The molecule has 0 radical (unpaired) electrons. The Morgan fingerprint density at radius 2 is 1.78 bits per heavy atom. The Balaban J connectivity index is 1.55. The fourth-order valence-corrected chi connectivity index (χ4v) is 3.50. The number of aromatic amines is 1. The maximum absolute atomic E-state index is 12.2. The molecule has 0 aliphatic heterocycles. The maximum Gasteiger partial charge on any atom is 0.321 e. The first kappa shape index (κ1) is 18.8. The smallest absolute Gasteiger partial charge is 0.321 e.